The molecule has 1 aromatic carbocycles. The summed E-state index contributed by atoms with van der Waals surface area (Å²) in [5.41, 5.74) is 3.91. The Balaban J connectivity index is 1.61. The van der Waals surface area contributed by atoms with Crippen molar-refractivity contribution in [3.8, 4) is 0 Å². The van der Waals surface area contributed by atoms with Gasteiger partial charge in [-0.15, -0.1) is 0 Å². The molecule has 2 heterocycles. The summed E-state index contributed by atoms with van der Waals surface area (Å²) >= 11 is 0. The lowest BCUT2D eigenvalue weighted by Crippen LogP contribution is -2.48. The monoisotopic (exact) mass is 382 g/mol. The SMILES string of the molecule is CCC(CC)C(=O)N1CCC(NC(=O)c2ccc3nc(C)c(C)nc3c2)CC1. The lowest BCUT2D eigenvalue weighted by Gasteiger charge is -2.34. The van der Waals surface area contributed by atoms with Crippen molar-refractivity contribution in [2.45, 2.75) is 59.4 Å². The van der Waals surface area contributed by atoms with Gasteiger partial charge in [0.15, 0.2) is 0 Å². The van der Waals surface area contributed by atoms with Gasteiger partial charge in [0.25, 0.3) is 5.91 Å². The van der Waals surface area contributed by atoms with Crippen LogP contribution in [0.4, 0.5) is 0 Å². The smallest absolute Gasteiger partial charge is 0.251 e. The van der Waals surface area contributed by atoms with Crippen LogP contribution in [0.15, 0.2) is 18.2 Å². The van der Waals surface area contributed by atoms with Crippen molar-refractivity contribution in [1.82, 2.24) is 20.2 Å². The number of fused-ring (bicyclic) bond motifs is 1. The number of nitrogens with one attached hydrogen (secondary N) is 1. The van der Waals surface area contributed by atoms with Gasteiger partial charge in [0, 0.05) is 30.6 Å². The van der Waals surface area contributed by atoms with Crippen LogP contribution >= 0.6 is 0 Å². The normalized spacial score (nSPS) is 15.2. The number of hydrogen-bond acceptors (Lipinski definition) is 4. The molecule has 1 saturated heterocycles. The molecule has 1 aromatic heterocycles. The Morgan fingerprint density at radius 2 is 1.68 bits per heavy atom. The number of aryl methyl sites for hydroxylation is 2. The molecular formula is C22H30N4O2. The summed E-state index contributed by atoms with van der Waals surface area (Å²) in [5, 5.41) is 3.12. The number of nitrogens with zero attached hydrogens (tertiary/aromatic N) is 3. The number of likely N-dealkylation sites (tertiary alicyclic amines) is 1. The van der Waals surface area contributed by atoms with Crippen LogP contribution in [0.1, 0.15) is 61.3 Å². The van der Waals surface area contributed by atoms with Gasteiger partial charge in [-0.25, -0.2) is 9.97 Å². The molecule has 6 nitrogen and oxygen atoms in total. The number of rotatable bonds is 5. The van der Waals surface area contributed by atoms with E-state index in [-0.39, 0.29) is 23.8 Å². The van der Waals surface area contributed by atoms with Crippen molar-refractivity contribution in [3.63, 3.8) is 0 Å². The van der Waals surface area contributed by atoms with E-state index in [2.05, 4.69) is 29.1 Å². The van der Waals surface area contributed by atoms with E-state index < -0.39 is 0 Å². The lowest BCUT2D eigenvalue weighted by molar-refractivity contribution is -0.136. The minimum Gasteiger partial charge on any atom is -0.349 e. The molecule has 1 fully saturated rings. The molecule has 0 atom stereocenters. The minimum atomic E-state index is -0.0910. The van der Waals surface area contributed by atoms with Gasteiger partial charge >= 0.3 is 0 Å². The van der Waals surface area contributed by atoms with Crippen LogP contribution in [0, 0.1) is 19.8 Å². The average Bonchev–Trinajstić information content (AvgIpc) is 2.70. The molecule has 0 radical (unpaired) electrons. The molecule has 2 amide bonds. The van der Waals surface area contributed by atoms with Crippen LogP contribution in [0.2, 0.25) is 0 Å². The van der Waals surface area contributed by atoms with Crippen LogP contribution in [0.25, 0.3) is 11.0 Å². The molecule has 6 heteroatoms. The van der Waals surface area contributed by atoms with Gasteiger partial charge < -0.3 is 10.2 Å². The highest BCUT2D eigenvalue weighted by Crippen LogP contribution is 2.19. The predicted octanol–water partition coefficient (Wildman–Crippen LogP) is 3.40. The first kappa shape index (κ1) is 20.2. The Kier molecular flexibility index (Phi) is 6.27. The average molecular weight is 383 g/mol. The number of aromatic nitrogens is 2. The van der Waals surface area contributed by atoms with Gasteiger partial charge in [-0.05, 0) is 57.7 Å². The second-order valence-electron chi connectivity index (χ2n) is 7.68. The fraction of sp³-hybridized carbons (Fsp3) is 0.545. The van der Waals surface area contributed by atoms with Crippen molar-refractivity contribution in [2.24, 2.45) is 5.92 Å². The molecule has 0 saturated carbocycles. The number of amides is 2. The van der Waals surface area contributed by atoms with Crippen LogP contribution in [0.3, 0.4) is 0 Å². The van der Waals surface area contributed by atoms with E-state index in [1.807, 2.05) is 24.8 Å². The quantitative estimate of drug-likeness (QED) is 0.860. The summed E-state index contributed by atoms with van der Waals surface area (Å²) in [4.78, 5) is 36.2. The van der Waals surface area contributed by atoms with Crippen molar-refractivity contribution in [3.05, 3.63) is 35.2 Å². The van der Waals surface area contributed by atoms with Crippen molar-refractivity contribution in [1.29, 1.82) is 0 Å². The fourth-order valence-corrected chi connectivity index (χ4v) is 3.78. The molecule has 1 aliphatic rings. The second-order valence-corrected chi connectivity index (χ2v) is 7.68. The van der Waals surface area contributed by atoms with Crippen LogP contribution < -0.4 is 5.32 Å². The summed E-state index contributed by atoms with van der Waals surface area (Å²) < 4.78 is 0. The van der Waals surface area contributed by atoms with Crippen molar-refractivity contribution >= 4 is 22.8 Å². The van der Waals surface area contributed by atoms with Crippen LogP contribution in [-0.2, 0) is 4.79 Å². The maximum atomic E-state index is 12.7. The molecule has 0 unspecified atom stereocenters. The number of piperidine rings is 1. The molecule has 0 aliphatic carbocycles. The highest BCUT2D eigenvalue weighted by atomic mass is 16.2. The molecule has 0 spiro atoms. The molecule has 28 heavy (non-hydrogen) atoms. The minimum absolute atomic E-state index is 0.0910. The lowest BCUT2D eigenvalue weighted by atomic mass is 9.98. The summed E-state index contributed by atoms with van der Waals surface area (Å²) in [5.74, 6) is 0.289. The first-order valence-corrected chi connectivity index (χ1v) is 10.3. The standard InChI is InChI=1S/C22H30N4O2/c1-5-16(6-2)22(28)26-11-9-18(10-12-26)25-21(27)17-7-8-19-20(13-17)24-15(4)14(3)23-19/h7-8,13,16,18H,5-6,9-12H2,1-4H3,(H,25,27). The zero-order chi connectivity index (χ0) is 20.3. The van der Waals surface area contributed by atoms with E-state index in [9.17, 15) is 9.59 Å². The predicted molar refractivity (Wildman–Crippen MR) is 110 cm³/mol. The van der Waals surface area contributed by atoms with E-state index in [0.29, 0.717) is 18.7 Å². The Morgan fingerprint density at radius 1 is 1.07 bits per heavy atom. The molecule has 150 valence electrons. The molecule has 2 aromatic rings. The number of benzene rings is 1. The highest BCUT2D eigenvalue weighted by Gasteiger charge is 2.27. The first-order chi connectivity index (χ1) is 13.4. The van der Waals surface area contributed by atoms with E-state index >= 15 is 0 Å². The maximum absolute atomic E-state index is 12.7. The second kappa shape index (κ2) is 8.67. The highest BCUT2D eigenvalue weighted by molar-refractivity contribution is 5.97. The summed E-state index contributed by atoms with van der Waals surface area (Å²) in [6.07, 6.45) is 3.36. The zero-order valence-electron chi connectivity index (χ0n) is 17.3. The molecule has 1 aliphatic heterocycles. The Morgan fingerprint density at radius 3 is 2.29 bits per heavy atom. The summed E-state index contributed by atoms with van der Waals surface area (Å²) in [6, 6.07) is 5.54. The van der Waals surface area contributed by atoms with Crippen molar-refractivity contribution < 1.29 is 9.59 Å². The Labute approximate surface area is 166 Å². The summed E-state index contributed by atoms with van der Waals surface area (Å²) in [6.45, 7) is 9.41. The van der Waals surface area contributed by atoms with E-state index in [1.165, 1.54) is 0 Å². The maximum Gasteiger partial charge on any atom is 0.251 e. The summed E-state index contributed by atoms with van der Waals surface area (Å²) in [7, 11) is 0. The largest absolute Gasteiger partial charge is 0.349 e. The Hall–Kier alpha value is -2.50. The van der Waals surface area contributed by atoms with Gasteiger partial charge in [-0.3, -0.25) is 9.59 Å². The molecule has 1 N–H and O–H groups in total. The van der Waals surface area contributed by atoms with Gasteiger partial charge in [0.2, 0.25) is 5.91 Å². The first-order valence-electron chi connectivity index (χ1n) is 10.3. The van der Waals surface area contributed by atoms with Crippen LogP contribution in [0.5, 0.6) is 0 Å². The van der Waals surface area contributed by atoms with Crippen molar-refractivity contribution in [2.75, 3.05) is 13.1 Å². The number of carbonyl (C=O) groups excluding carboxylic acids is 2. The molecule has 3 rings (SSSR count). The van der Waals surface area contributed by atoms with Gasteiger partial charge in [-0.2, -0.15) is 0 Å². The van der Waals surface area contributed by atoms with E-state index in [4.69, 9.17) is 0 Å². The van der Waals surface area contributed by atoms with E-state index in [0.717, 1.165) is 48.1 Å². The topological polar surface area (TPSA) is 75.2 Å². The van der Waals surface area contributed by atoms with Gasteiger partial charge in [0.05, 0.1) is 22.4 Å². The van der Waals surface area contributed by atoms with E-state index in [1.54, 1.807) is 12.1 Å². The zero-order valence-corrected chi connectivity index (χ0v) is 17.3. The van der Waals surface area contributed by atoms with Gasteiger partial charge in [0.1, 0.15) is 0 Å². The third-order valence-electron chi connectivity index (χ3n) is 5.81. The van der Waals surface area contributed by atoms with Gasteiger partial charge in [-0.1, -0.05) is 13.8 Å². The Bertz CT molecular complexity index is 868. The number of hydrogen-bond donors (Lipinski definition) is 1. The van der Waals surface area contributed by atoms with Crippen LogP contribution in [-0.4, -0.2) is 45.8 Å². The number of carbonyl (C=O) groups is 2. The third-order valence-corrected chi connectivity index (χ3v) is 5.81. The third kappa shape index (κ3) is 4.32. The molecule has 0 bridgehead atoms. The fourth-order valence-electron chi connectivity index (χ4n) is 3.78. The molecular weight excluding hydrogens is 352 g/mol.